The minimum absolute atomic E-state index is 0.0125. The second kappa shape index (κ2) is 11.3. The SMILES string of the molecule is CCOc1ccc(Oc2cc(CNC(=O)CSCc3cccc(C)c3)ccn2)cc1. The van der Waals surface area contributed by atoms with Gasteiger partial charge in [0.05, 0.1) is 12.4 Å². The summed E-state index contributed by atoms with van der Waals surface area (Å²) < 4.78 is 11.2. The number of aryl methyl sites for hydroxylation is 1. The van der Waals surface area contributed by atoms with Crippen molar-refractivity contribution in [3.63, 3.8) is 0 Å². The molecule has 2 aromatic carbocycles. The third kappa shape index (κ3) is 7.12. The van der Waals surface area contributed by atoms with E-state index in [0.717, 1.165) is 17.1 Å². The highest BCUT2D eigenvalue weighted by Crippen LogP contribution is 2.23. The average molecular weight is 423 g/mol. The van der Waals surface area contributed by atoms with Crippen molar-refractivity contribution in [2.45, 2.75) is 26.1 Å². The van der Waals surface area contributed by atoms with Crippen LogP contribution >= 0.6 is 11.8 Å². The summed E-state index contributed by atoms with van der Waals surface area (Å²) in [5, 5.41) is 2.95. The van der Waals surface area contributed by atoms with Crippen molar-refractivity contribution in [3.8, 4) is 17.4 Å². The maximum atomic E-state index is 12.1. The summed E-state index contributed by atoms with van der Waals surface area (Å²) in [4.78, 5) is 16.4. The first-order valence-corrected chi connectivity index (χ1v) is 11.0. The van der Waals surface area contributed by atoms with Crippen LogP contribution in [0, 0.1) is 6.92 Å². The van der Waals surface area contributed by atoms with Crippen LogP contribution in [0.4, 0.5) is 0 Å². The number of benzene rings is 2. The standard InChI is InChI=1S/C24H26N2O3S/c1-3-28-21-7-9-22(10-8-21)29-24-14-19(11-12-25-24)15-26-23(27)17-30-16-20-6-4-5-18(2)13-20/h4-14H,3,15-17H2,1-2H3,(H,26,27). The molecule has 0 bridgehead atoms. The van der Waals surface area contributed by atoms with Crippen LogP contribution in [0.15, 0.2) is 66.9 Å². The quantitative estimate of drug-likeness (QED) is 0.491. The van der Waals surface area contributed by atoms with Crippen molar-refractivity contribution in [1.82, 2.24) is 10.3 Å². The second-order valence-electron chi connectivity index (χ2n) is 6.77. The van der Waals surface area contributed by atoms with Crippen molar-refractivity contribution in [3.05, 3.63) is 83.6 Å². The van der Waals surface area contributed by atoms with Gasteiger partial charge in [0.2, 0.25) is 11.8 Å². The molecule has 0 fully saturated rings. The summed E-state index contributed by atoms with van der Waals surface area (Å²) >= 11 is 1.61. The molecule has 0 aliphatic carbocycles. The van der Waals surface area contributed by atoms with Gasteiger partial charge in [-0.15, -0.1) is 11.8 Å². The van der Waals surface area contributed by atoms with E-state index in [0.29, 0.717) is 30.5 Å². The minimum atomic E-state index is 0.0125. The van der Waals surface area contributed by atoms with Crippen molar-refractivity contribution in [2.24, 2.45) is 0 Å². The van der Waals surface area contributed by atoms with E-state index >= 15 is 0 Å². The number of carbonyl (C=O) groups excluding carboxylic acids is 1. The fourth-order valence-electron chi connectivity index (χ4n) is 2.82. The minimum Gasteiger partial charge on any atom is -0.494 e. The summed E-state index contributed by atoms with van der Waals surface area (Å²) in [5.74, 6) is 3.23. The lowest BCUT2D eigenvalue weighted by atomic mass is 10.2. The first-order chi connectivity index (χ1) is 14.6. The Bertz CT molecular complexity index is 961. The number of pyridine rings is 1. The van der Waals surface area contributed by atoms with E-state index in [2.05, 4.69) is 35.4 Å². The van der Waals surface area contributed by atoms with Crippen LogP contribution in [-0.4, -0.2) is 23.3 Å². The Morgan fingerprint density at radius 1 is 1.03 bits per heavy atom. The number of nitrogens with one attached hydrogen (secondary N) is 1. The summed E-state index contributed by atoms with van der Waals surface area (Å²) in [5.41, 5.74) is 3.40. The topological polar surface area (TPSA) is 60.5 Å². The normalized spacial score (nSPS) is 10.5. The van der Waals surface area contributed by atoms with Gasteiger partial charge in [-0.2, -0.15) is 0 Å². The van der Waals surface area contributed by atoms with Gasteiger partial charge in [-0.05, 0) is 55.3 Å². The van der Waals surface area contributed by atoms with Crippen LogP contribution in [0.2, 0.25) is 0 Å². The van der Waals surface area contributed by atoms with Crippen LogP contribution < -0.4 is 14.8 Å². The van der Waals surface area contributed by atoms with Crippen LogP contribution in [0.5, 0.6) is 17.4 Å². The molecule has 0 atom stereocenters. The van der Waals surface area contributed by atoms with Gasteiger partial charge in [-0.3, -0.25) is 4.79 Å². The van der Waals surface area contributed by atoms with Gasteiger partial charge in [0.25, 0.3) is 0 Å². The summed E-state index contributed by atoms with van der Waals surface area (Å²) in [6, 6.07) is 19.4. The first kappa shape index (κ1) is 21.7. The van der Waals surface area contributed by atoms with Crippen LogP contribution in [-0.2, 0) is 17.1 Å². The number of thioether (sulfide) groups is 1. The number of rotatable bonds is 10. The molecule has 3 rings (SSSR count). The fraction of sp³-hybridized carbons (Fsp3) is 0.250. The fourth-order valence-corrected chi connectivity index (χ4v) is 3.63. The second-order valence-corrected chi connectivity index (χ2v) is 7.75. The molecule has 0 spiro atoms. The monoisotopic (exact) mass is 422 g/mol. The molecule has 0 radical (unpaired) electrons. The van der Waals surface area contributed by atoms with Crippen molar-refractivity contribution < 1.29 is 14.3 Å². The largest absolute Gasteiger partial charge is 0.494 e. The number of aromatic nitrogens is 1. The number of nitrogens with zero attached hydrogens (tertiary/aromatic N) is 1. The van der Waals surface area contributed by atoms with Crippen molar-refractivity contribution in [1.29, 1.82) is 0 Å². The summed E-state index contributed by atoms with van der Waals surface area (Å²) in [7, 11) is 0. The summed E-state index contributed by atoms with van der Waals surface area (Å²) in [6.07, 6.45) is 1.68. The lowest BCUT2D eigenvalue weighted by molar-refractivity contribution is -0.118. The Labute approximate surface area is 181 Å². The van der Waals surface area contributed by atoms with E-state index in [9.17, 15) is 4.79 Å². The van der Waals surface area contributed by atoms with E-state index in [1.165, 1.54) is 11.1 Å². The molecule has 30 heavy (non-hydrogen) atoms. The van der Waals surface area contributed by atoms with Gasteiger partial charge in [0, 0.05) is 24.6 Å². The van der Waals surface area contributed by atoms with E-state index in [1.807, 2.05) is 49.4 Å². The zero-order valence-electron chi connectivity index (χ0n) is 17.3. The molecule has 1 N–H and O–H groups in total. The predicted molar refractivity (Wildman–Crippen MR) is 121 cm³/mol. The number of hydrogen-bond acceptors (Lipinski definition) is 5. The van der Waals surface area contributed by atoms with Crippen LogP contribution in [0.25, 0.3) is 0 Å². The molecule has 1 heterocycles. The molecule has 0 unspecified atom stereocenters. The molecule has 3 aromatic rings. The third-order valence-electron chi connectivity index (χ3n) is 4.23. The number of amides is 1. The molecule has 0 saturated carbocycles. The maximum Gasteiger partial charge on any atom is 0.230 e. The lowest BCUT2D eigenvalue weighted by Crippen LogP contribution is -2.24. The van der Waals surface area contributed by atoms with Crippen LogP contribution in [0.1, 0.15) is 23.6 Å². The van der Waals surface area contributed by atoms with E-state index in [-0.39, 0.29) is 5.91 Å². The van der Waals surface area contributed by atoms with E-state index in [1.54, 1.807) is 18.0 Å². The average Bonchev–Trinajstić information content (AvgIpc) is 2.74. The zero-order valence-corrected chi connectivity index (χ0v) is 18.1. The van der Waals surface area contributed by atoms with Crippen LogP contribution in [0.3, 0.4) is 0 Å². The molecule has 5 nitrogen and oxygen atoms in total. The van der Waals surface area contributed by atoms with Gasteiger partial charge in [-0.25, -0.2) is 4.98 Å². The zero-order chi connectivity index (χ0) is 21.2. The predicted octanol–water partition coefficient (Wildman–Crippen LogP) is 5.13. The Morgan fingerprint density at radius 2 is 1.83 bits per heavy atom. The maximum absolute atomic E-state index is 12.1. The lowest BCUT2D eigenvalue weighted by Gasteiger charge is -2.09. The molecule has 1 aromatic heterocycles. The Balaban J connectivity index is 1.44. The Kier molecular flexibility index (Phi) is 8.15. The first-order valence-electron chi connectivity index (χ1n) is 9.88. The van der Waals surface area contributed by atoms with Gasteiger partial charge in [0.15, 0.2) is 0 Å². The molecular weight excluding hydrogens is 396 g/mol. The van der Waals surface area contributed by atoms with Gasteiger partial charge in [0.1, 0.15) is 11.5 Å². The molecule has 6 heteroatoms. The van der Waals surface area contributed by atoms with Crippen molar-refractivity contribution in [2.75, 3.05) is 12.4 Å². The highest BCUT2D eigenvalue weighted by atomic mass is 32.2. The number of hydrogen-bond donors (Lipinski definition) is 1. The number of ether oxygens (including phenoxy) is 2. The smallest absolute Gasteiger partial charge is 0.230 e. The molecule has 156 valence electrons. The highest BCUT2D eigenvalue weighted by molar-refractivity contribution is 7.99. The third-order valence-corrected chi connectivity index (χ3v) is 5.23. The highest BCUT2D eigenvalue weighted by Gasteiger charge is 2.05. The van der Waals surface area contributed by atoms with Crippen molar-refractivity contribution >= 4 is 17.7 Å². The Hall–Kier alpha value is -2.99. The van der Waals surface area contributed by atoms with E-state index < -0.39 is 0 Å². The molecule has 0 aliphatic rings. The molecule has 0 saturated heterocycles. The van der Waals surface area contributed by atoms with Gasteiger partial charge < -0.3 is 14.8 Å². The summed E-state index contributed by atoms with van der Waals surface area (Å²) in [6.45, 7) is 5.08. The van der Waals surface area contributed by atoms with Gasteiger partial charge >= 0.3 is 0 Å². The molecular formula is C24H26N2O3S. The number of carbonyl (C=O) groups is 1. The molecule has 1 amide bonds. The Morgan fingerprint density at radius 3 is 2.60 bits per heavy atom. The molecule has 0 aliphatic heterocycles. The van der Waals surface area contributed by atoms with Gasteiger partial charge in [-0.1, -0.05) is 29.8 Å². The van der Waals surface area contributed by atoms with E-state index in [4.69, 9.17) is 9.47 Å².